The predicted octanol–water partition coefficient (Wildman–Crippen LogP) is 2.62. The largest absolute Gasteiger partial charge is 0.264 e. The Bertz CT molecular complexity index is 690. The van der Waals surface area contributed by atoms with Crippen LogP contribution in [0.2, 0.25) is 0 Å². The highest BCUT2D eigenvalue weighted by Gasteiger charge is 2.20. The second kappa shape index (κ2) is 5.27. The summed E-state index contributed by atoms with van der Waals surface area (Å²) in [6, 6.07) is 5.18. The van der Waals surface area contributed by atoms with Gasteiger partial charge in [0.25, 0.3) is 0 Å². The van der Waals surface area contributed by atoms with Gasteiger partial charge < -0.3 is 0 Å². The number of pyridine rings is 1. The Morgan fingerprint density at radius 2 is 2.05 bits per heavy atom. The van der Waals surface area contributed by atoms with Gasteiger partial charge in [-0.25, -0.2) is 13.1 Å². The van der Waals surface area contributed by atoms with Crippen molar-refractivity contribution in [2.75, 3.05) is 0 Å². The Kier molecular flexibility index (Phi) is 3.87. The molecule has 0 radical (unpaired) electrons. The third kappa shape index (κ3) is 2.77. The Morgan fingerprint density at radius 1 is 1.32 bits per heavy atom. The van der Waals surface area contributed by atoms with Gasteiger partial charge in [0.05, 0.1) is 4.90 Å². The first-order valence-electron chi connectivity index (χ1n) is 6.31. The fourth-order valence-electron chi connectivity index (χ4n) is 2.01. The molecule has 0 saturated carbocycles. The molecule has 102 valence electrons. The molecule has 5 heteroatoms. The van der Waals surface area contributed by atoms with E-state index < -0.39 is 10.0 Å². The van der Waals surface area contributed by atoms with Gasteiger partial charge in [-0.2, -0.15) is 0 Å². The predicted molar refractivity (Wildman–Crippen MR) is 76.6 cm³/mol. The van der Waals surface area contributed by atoms with Crippen LogP contribution in [0, 0.1) is 6.92 Å². The van der Waals surface area contributed by atoms with E-state index in [0.29, 0.717) is 4.90 Å². The molecule has 1 heterocycles. The fraction of sp³-hybridized carbons (Fsp3) is 0.357. The van der Waals surface area contributed by atoms with Crippen molar-refractivity contribution in [3.63, 3.8) is 0 Å². The molecule has 0 aliphatic rings. The van der Waals surface area contributed by atoms with Crippen LogP contribution in [0.1, 0.15) is 25.8 Å². The van der Waals surface area contributed by atoms with Crippen LogP contribution in [0.4, 0.5) is 0 Å². The third-order valence-corrected chi connectivity index (χ3v) is 4.82. The zero-order valence-electron chi connectivity index (χ0n) is 11.3. The molecule has 1 aromatic heterocycles. The molecule has 0 aliphatic heterocycles. The van der Waals surface area contributed by atoms with Crippen LogP contribution < -0.4 is 4.72 Å². The second-order valence-corrected chi connectivity index (χ2v) is 6.42. The topological polar surface area (TPSA) is 59.1 Å². The van der Waals surface area contributed by atoms with E-state index >= 15 is 0 Å². The summed E-state index contributed by atoms with van der Waals surface area (Å²) in [5.74, 6) is 0. The molecule has 0 fully saturated rings. The minimum atomic E-state index is -3.50. The molecule has 0 aliphatic carbocycles. The lowest BCUT2D eigenvalue weighted by Crippen LogP contribution is -2.32. The third-order valence-electron chi connectivity index (χ3n) is 3.19. The lowest BCUT2D eigenvalue weighted by molar-refractivity contribution is 0.556. The van der Waals surface area contributed by atoms with Gasteiger partial charge in [0.1, 0.15) is 0 Å². The van der Waals surface area contributed by atoms with Crippen molar-refractivity contribution in [1.29, 1.82) is 0 Å². The first-order chi connectivity index (χ1) is 8.95. The summed E-state index contributed by atoms with van der Waals surface area (Å²) < 4.78 is 27.6. The Balaban J connectivity index is 2.63. The maximum Gasteiger partial charge on any atom is 0.241 e. The van der Waals surface area contributed by atoms with E-state index in [2.05, 4.69) is 9.71 Å². The summed E-state index contributed by atoms with van der Waals surface area (Å²) in [4.78, 5) is 4.42. The van der Waals surface area contributed by atoms with Crippen molar-refractivity contribution in [3.8, 4) is 0 Å². The normalized spacial score (nSPS) is 13.6. The number of sulfonamides is 1. The number of fused-ring (bicyclic) bond motifs is 1. The summed E-state index contributed by atoms with van der Waals surface area (Å²) >= 11 is 0. The number of hydrogen-bond donors (Lipinski definition) is 1. The summed E-state index contributed by atoms with van der Waals surface area (Å²) in [6.45, 7) is 5.68. The number of nitrogens with one attached hydrogen (secondary N) is 1. The van der Waals surface area contributed by atoms with Crippen molar-refractivity contribution in [2.24, 2.45) is 0 Å². The Labute approximate surface area is 113 Å². The fourth-order valence-corrected chi connectivity index (χ4v) is 3.64. The Morgan fingerprint density at radius 3 is 2.74 bits per heavy atom. The zero-order chi connectivity index (χ0) is 14.0. The molecule has 1 atom stereocenters. The molecule has 1 aromatic carbocycles. The van der Waals surface area contributed by atoms with Gasteiger partial charge in [-0.05, 0) is 31.9 Å². The zero-order valence-corrected chi connectivity index (χ0v) is 12.2. The van der Waals surface area contributed by atoms with E-state index in [4.69, 9.17) is 0 Å². The van der Waals surface area contributed by atoms with Gasteiger partial charge in [0.15, 0.2) is 0 Å². The summed E-state index contributed by atoms with van der Waals surface area (Å²) in [7, 11) is -3.50. The van der Waals surface area contributed by atoms with Gasteiger partial charge in [-0.15, -0.1) is 0 Å². The summed E-state index contributed by atoms with van der Waals surface area (Å²) in [5.41, 5.74) is 0.864. The van der Waals surface area contributed by atoms with Crippen LogP contribution >= 0.6 is 0 Å². The molecule has 0 unspecified atom stereocenters. The average molecular weight is 278 g/mol. The van der Waals surface area contributed by atoms with Gasteiger partial charge in [0, 0.05) is 29.2 Å². The van der Waals surface area contributed by atoms with Crippen molar-refractivity contribution in [3.05, 3.63) is 36.2 Å². The summed E-state index contributed by atoms with van der Waals surface area (Å²) in [6.07, 6.45) is 4.12. The number of hydrogen-bond acceptors (Lipinski definition) is 3. The number of rotatable bonds is 4. The monoisotopic (exact) mass is 278 g/mol. The van der Waals surface area contributed by atoms with Crippen molar-refractivity contribution < 1.29 is 8.42 Å². The molecule has 0 saturated heterocycles. The molecule has 0 spiro atoms. The van der Waals surface area contributed by atoms with Crippen LogP contribution in [-0.4, -0.2) is 19.4 Å². The molecule has 19 heavy (non-hydrogen) atoms. The Hall–Kier alpha value is -1.46. The highest BCUT2D eigenvalue weighted by molar-refractivity contribution is 7.89. The first-order valence-corrected chi connectivity index (χ1v) is 7.79. The minimum absolute atomic E-state index is 0.0811. The van der Waals surface area contributed by atoms with E-state index in [1.165, 1.54) is 0 Å². The molecular weight excluding hydrogens is 260 g/mol. The van der Waals surface area contributed by atoms with Crippen molar-refractivity contribution in [2.45, 2.75) is 38.1 Å². The van der Waals surface area contributed by atoms with Gasteiger partial charge >= 0.3 is 0 Å². The van der Waals surface area contributed by atoms with Gasteiger partial charge in [-0.1, -0.05) is 19.1 Å². The maximum absolute atomic E-state index is 12.4. The average Bonchev–Trinajstić information content (AvgIpc) is 2.38. The minimum Gasteiger partial charge on any atom is -0.264 e. The van der Waals surface area contributed by atoms with E-state index in [1.54, 1.807) is 24.5 Å². The highest BCUT2D eigenvalue weighted by Crippen LogP contribution is 2.25. The SMILES string of the molecule is CC[C@H](C)NS(=O)(=O)c1cccc2cncc(C)c12. The molecule has 4 nitrogen and oxygen atoms in total. The van der Waals surface area contributed by atoms with Crippen LogP contribution in [0.25, 0.3) is 10.8 Å². The van der Waals surface area contributed by atoms with Gasteiger partial charge in [0.2, 0.25) is 10.0 Å². The lowest BCUT2D eigenvalue weighted by atomic mass is 10.1. The number of aromatic nitrogens is 1. The maximum atomic E-state index is 12.4. The number of nitrogens with zero attached hydrogens (tertiary/aromatic N) is 1. The van der Waals surface area contributed by atoms with E-state index in [0.717, 1.165) is 22.8 Å². The lowest BCUT2D eigenvalue weighted by Gasteiger charge is -2.14. The van der Waals surface area contributed by atoms with Crippen molar-refractivity contribution >= 4 is 20.8 Å². The van der Waals surface area contributed by atoms with Crippen LogP contribution in [0.3, 0.4) is 0 Å². The molecule has 0 bridgehead atoms. The van der Waals surface area contributed by atoms with Crippen LogP contribution in [-0.2, 0) is 10.0 Å². The molecule has 0 amide bonds. The standard InChI is InChI=1S/C14H18N2O2S/c1-4-11(3)16-19(17,18)13-7-5-6-12-9-15-8-10(2)14(12)13/h5-9,11,16H,4H2,1-3H3/t11-/m0/s1. The second-order valence-electron chi connectivity index (χ2n) is 4.74. The first kappa shape index (κ1) is 14.0. The molecular formula is C14H18N2O2S. The van der Waals surface area contributed by atoms with E-state index in [1.807, 2.05) is 26.8 Å². The highest BCUT2D eigenvalue weighted by atomic mass is 32.2. The van der Waals surface area contributed by atoms with Gasteiger partial charge in [-0.3, -0.25) is 4.98 Å². The quantitative estimate of drug-likeness (QED) is 0.935. The summed E-state index contributed by atoms with van der Waals surface area (Å²) in [5, 5.41) is 1.58. The van der Waals surface area contributed by atoms with E-state index in [9.17, 15) is 8.42 Å². The van der Waals surface area contributed by atoms with Crippen molar-refractivity contribution in [1.82, 2.24) is 9.71 Å². The van der Waals surface area contributed by atoms with Crippen LogP contribution in [0.15, 0.2) is 35.5 Å². The number of benzene rings is 1. The smallest absolute Gasteiger partial charge is 0.241 e. The molecule has 2 aromatic rings. The molecule has 1 N–H and O–H groups in total. The van der Waals surface area contributed by atoms with E-state index in [-0.39, 0.29) is 6.04 Å². The number of aryl methyl sites for hydroxylation is 1. The van der Waals surface area contributed by atoms with Crippen LogP contribution in [0.5, 0.6) is 0 Å². The molecule has 2 rings (SSSR count).